The molecule has 0 saturated heterocycles. The molecule has 1 unspecified atom stereocenters. The molecular formula is C15H22N4O2. The van der Waals surface area contributed by atoms with Gasteiger partial charge in [-0.15, -0.1) is 0 Å². The molecule has 3 N–H and O–H groups in total. The van der Waals surface area contributed by atoms with Gasteiger partial charge in [-0.25, -0.2) is 4.79 Å². The second-order valence-electron chi connectivity index (χ2n) is 5.25. The van der Waals surface area contributed by atoms with E-state index < -0.39 is 0 Å². The van der Waals surface area contributed by atoms with Crippen molar-refractivity contribution in [2.75, 3.05) is 33.7 Å². The average molecular weight is 290 g/mol. The Bertz CT molecular complexity index is 516. The summed E-state index contributed by atoms with van der Waals surface area (Å²) in [7, 11) is 3.35. The van der Waals surface area contributed by atoms with Gasteiger partial charge in [-0.05, 0) is 17.5 Å². The van der Waals surface area contributed by atoms with Crippen LogP contribution in [-0.2, 0) is 11.2 Å². The topological polar surface area (TPSA) is 73.5 Å². The lowest BCUT2D eigenvalue weighted by molar-refractivity contribution is -0.123. The first kappa shape index (κ1) is 15.3. The molecule has 6 heteroatoms. The van der Waals surface area contributed by atoms with Crippen LogP contribution in [0, 0.1) is 0 Å². The van der Waals surface area contributed by atoms with Gasteiger partial charge in [-0.2, -0.15) is 0 Å². The van der Waals surface area contributed by atoms with E-state index in [1.54, 1.807) is 14.1 Å². The summed E-state index contributed by atoms with van der Waals surface area (Å²) in [5, 5.41) is 8.80. The van der Waals surface area contributed by atoms with Gasteiger partial charge >= 0.3 is 6.03 Å². The lowest BCUT2D eigenvalue weighted by Crippen LogP contribution is -2.44. The van der Waals surface area contributed by atoms with Crippen molar-refractivity contribution in [3.05, 3.63) is 35.4 Å². The van der Waals surface area contributed by atoms with Gasteiger partial charge in [0, 0.05) is 33.7 Å². The van der Waals surface area contributed by atoms with Crippen LogP contribution in [0.4, 0.5) is 4.79 Å². The van der Waals surface area contributed by atoms with Crippen molar-refractivity contribution >= 4 is 11.9 Å². The van der Waals surface area contributed by atoms with Crippen LogP contribution in [0.3, 0.4) is 0 Å². The summed E-state index contributed by atoms with van der Waals surface area (Å²) in [6.45, 7) is 1.63. The summed E-state index contributed by atoms with van der Waals surface area (Å²) in [4.78, 5) is 25.0. The van der Waals surface area contributed by atoms with E-state index in [-0.39, 0.29) is 18.0 Å². The predicted molar refractivity (Wildman–Crippen MR) is 81.0 cm³/mol. The Morgan fingerprint density at radius 1 is 1.24 bits per heavy atom. The number of amides is 3. The van der Waals surface area contributed by atoms with E-state index in [4.69, 9.17) is 0 Å². The quantitative estimate of drug-likeness (QED) is 0.697. The van der Waals surface area contributed by atoms with Gasteiger partial charge in [0.25, 0.3) is 0 Å². The molecule has 1 aromatic carbocycles. The van der Waals surface area contributed by atoms with Crippen molar-refractivity contribution in [2.24, 2.45) is 0 Å². The van der Waals surface area contributed by atoms with Crippen LogP contribution in [0.15, 0.2) is 24.3 Å². The van der Waals surface area contributed by atoms with Crippen molar-refractivity contribution in [1.29, 1.82) is 0 Å². The van der Waals surface area contributed by atoms with Gasteiger partial charge in [-0.1, -0.05) is 24.3 Å². The first-order valence-electron chi connectivity index (χ1n) is 7.13. The minimum absolute atomic E-state index is 0.0544. The number of hydrogen-bond donors (Lipinski definition) is 3. The average Bonchev–Trinajstić information content (AvgIpc) is 2.50. The predicted octanol–water partition coefficient (Wildman–Crippen LogP) is 0.261. The van der Waals surface area contributed by atoms with Crippen molar-refractivity contribution in [1.82, 2.24) is 20.9 Å². The highest BCUT2D eigenvalue weighted by Gasteiger charge is 2.25. The minimum atomic E-state index is -0.306. The van der Waals surface area contributed by atoms with Crippen LogP contribution in [-0.4, -0.2) is 50.6 Å². The van der Waals surface area contributed by atoms with E-state index in [0.717, 1.165) is 18.5 Å². The zero-order valence-electron chi connectivity index (χ0n) is 12.5. The van der Waals surface area contributed by atoms with Crippen molar-refractivity contribution in [2.45, 2.75) is 12.5 Å². The van der Waals surface area contributed by atoms with E-state index in [1.807, 2.05) is 18.2 Å². The monoisotopic (exact) mass is 290 g/mol. The van der Waals surface area contributed by atoms with Crippen LogP contribution in [0.25, 0.3) is 0 Å². The van der Waals surface area contributed by atoms with E-state index >= 15 is 0 Å². The molecule has 1 aliphatic heterocycles. The first-order chi connectivity index (χ1) is 10.1. The highest BCUT2D eigenvalue weighted by atomic mass is 16.2. The molecule has 3 amide bonds. The molecule has 1 aliphatic rings. The van der Waals surface area contributed by atoms with E-state index in [9.17, 15) is 9.59 Å². The van der Waals surface area contributed by atoms with Gasteiger partial charge < -0.3 is 20.9 Å². The Labute approximate surface area is 124 Å². The van der Waals surface area contributed by atoms with E-state index in [2.05, 4.69) is 22.0 Å². The summed E-state index contributed by atoms with van der Waals surface area (Å²) in [5.74, 6) is -0.0544. The lowest BCUT2D eigenvalue weighted by atomic mass is 9.94. The minimum Gasteiger partial charge on any atom is -0.353 e. The molecule has 0 saturated carbocycles. The first-order valence-corrected chi connectivity index (χ1v) is 7.13. The summed E-state index contributed by atoms with van der Waals surface area (Å²) >= 11 is 0. The zero-order chi connectivity index (χ0) is 15.2. The molecule has 1 heterocycles. The maximum absolute atomic E-state index is 12.2. The van der Waals surface area contributed by atoms with Crippen LogP contribution in [0.5, 0.6) is 0 Å². The molecule has 114 valence electrons. The Morgan fingerprint density at radius 2 is 1.95 bits per heavy atom. The lowest BCUT2D eigenvalue weighted by Gasteiger charge is -2.26. The number of benzene rings is 1. The van der Waals surface area contributed by atoms with Gasteiger partial charge in [0.1, 0.15) is 6.04 Å². The fourth-order valence-corrected chi connectivity index (χ4v) is 2.35. The highest BCUT2D eigenvalue weighted by molar-refractivity contribution is 5.84. The number of nitrogens with one attached hydrogen (secondary N) is 3. The number of carbonyl (C=O) groups is 2. The van der Waals surface area contributed by atoms with Crippen LogP contribution >= 0.6 is 0 Å². The summed E-state index contributed by atoms with van der Waals surface area (Å²) in [6, 6.07) is 7.52. The molecule has 1 aromatic rings. The van der Waals surface area contributed by atoms with Gasteiger partial charge in [0.05, 0.1) is 0 Å². The number of carbonyl (C=O) groups excluding carboxylic acids is 2. The maximum atomic E-state index is 12.2. The summed E-state index contributed by atoms with van der Waals surface area (Å²) in [5.41, 5.74) is 2.26. The molecule has 21 heavy (non-hydrogen) atoms. The number of nitrogens with zero attached hydrogens (tertiary/aromatic N) is 1. The second-order valence-corrected chi connectivity index (χ2v) is 5.25. The van der Waals surface area contributed by atoms with Gasteiger partial charge in [-0.3, -0.25) is 4.79 Å². The smallest absolute Gasteiger partial charge is 0.316 e. The van der Waals surface area contributed by atoms with Crippen LogP contribution in [0.2, 0.25) is 0 Å². The molecule has 0 bridgehead atoms. The zero-order valence-corrected chi connectivity index (χ0v) is 12.5. The van der Waals surface area contributed by atoms with Crippen molar-refractivity contribution in [3.8, 4) is 0 Å². The van der Waals surface area contributed by atoms with Crippen LogP contribution in [0.1, 0.15) is 17.2 Å². The molecule has 2 rings (SSSR count). The molecule has 1 atom stereocenters. The molecule has 0 radical (unpaired) electrons. The van der Waals surface area contributed by atoms with Crippen molar-refractivity contribution < 1.29 is 9.59 Å². The van der Waals surface area contributed by atoms with E-state index in [1.165, 1.54) is 10.5 Å². The fraction of sp³-hybridized carbons (Fsp3) is 0.467. The molecule has 0 spiro atoms. The SMILES string of the molecule is CN(C)C(=O)NCCNC(=O)C1NCCc2ccccc21. The molecule has 0 aromatic heterocycles. The summed E-state index contributed by atoms with van der Waals surface area (Å²) < 4.78 is 0. The van der Waals surface area contributed by atoms with Gasteiger partial charge in [0.2, 0.25) is 5.91 Å². The Hall–Kier alpha value is -2.08. The normalized spacial score (nSPS) is 16.8. The van der Waals surface area contributed by atoms with Crippen LogP contribution < -0.4 is 16.0 Å². The number of hydrogen-bond acceptors (Lipinski definition) is 3. The summed E-state index contributed by atoms with van der Waals surface area (Å²) in [6.07, 6.45) is 0.943. The second kappa shape index (κ2) is 7.08. The third kappa shape index (κ3) is 3.95. The molecule has 0 aliphatic carbocycles. The maximum Gasteiger partial charge on any atom is 0.316 e. The Morgan fingerprint density at radius 3 is 2.71 bits per heavy atom. The number of rotatable bonds is 4. The van der Waals surface area contributed by atoms with Gasteiger partial charge in [0.15, 0.2) is 0 Å². The Balaban J connectivity index is 1.83. The molecule has 6 nitrogen and oxygen atoms in total. The number of urea groups is 1. The third-order valence-electron chi connectivity index (χ3n) is 3.48. The fourth-order valence-electron chi connectivity index (χ4n) is 2.35. The van der Waals surface area contributed by atoms with E-state index in [0.29, 0.717) is 13.1 Å². The molecular weight excluding hydrogens is 268 g/mol. The number of fused-ring (bicyclic) bond motifs is 1. The highest BCUT2D eigenvalue weighted by Crippen LogP contribution is 2.22. The molecule has 0 fully saturated rings. The third-order valence-corrected chi connectivity index (χ3v) is 3.48. The Kier molecular flexibility index (Phi) is 5.16. The largest absolute Gasteiger partial charge is 0.353 e. The standard InChI is InChI=1S/C15H22N4O2/c1-19(2)15(21)18-10-9-17-14(20)13-12-6-4-3-5-11(12)7-8-16-13/h3-6,13,16H,7-10H2,1-2H3,(H,17,20)(H,18,21). The van der Waals surface area contributed by atoms with Crippen molar-refractivity contribution in [3.63, 3.8) is 0 Å².